The Kier molecular flexibility index (Phi) is 13.3. The van der Waals surface area contributed by atoms with E-state index >= 15 is 0 Å². The van der Waals surface area contributed by atoms with Crippen LogP contribution in [0.1, 0.15) is 37.3 Å². The van der Waals surface area contributed by atoms with E-state index < -0.39 is 117 Å². The van der Waals surface area contributed by atoms with Gasteiger partial charge >= 0.3 is 18.3 Å². The van der Waals surface area contributed by atoms with Crippen LogP contribution in [0.15, 0.2) is 60.7 Å². The standard InChI is InChI=1S/C39H52N4O15/c1-19-13-25-32(33-28(43(2)39(50)57-33)35(53-25)58-36-30(47)29(46)27(40)26(16-44)54-36)56-34(19)55-31-23(42-38(49)52-18-21-11-7-4-8-12-21)14-22(15-24(31)45)41-37(48)51-17-20-9-5-3-6-10-20/h3-12,19,22-36,44-47H,13-18,40H2,1-2H3,(H,41,48)(H,42,49)/t19?,22-,23?,24-,25+,26?,27-,28?,29+,30?,31-,32?,33?,34+,35?,36-/m1/s1. The second kappa shape index (κ2) is 18.4. The summed E-state index contributed by atoms with van der Waals surface area (Å²) >= 11 is 0. The average Bonchev–Trinajstić information content (AvgIpc) is 3.52. The fraction of sp³-hybridized carbons (Fsp3) is 0.615. The van der Waals surface area contributed by atoms with E-state index in [1.54, 1.807) is 0 Å². The summed E-state index contributed by atoms with van der Waals surface area (Å²) in [6.45, 7) is 1.34. The maximum absolute atomic E-state index is 13.2. The molecule has 8 N–H and O–H groups in total. The third kappa shape index (κ3) is 9.33. The average molecular weight is 817 g/mol. The second-order valence-corrected chi connectivity index (χ2v) is 15.4. The summed E-state index contributed by atoms with van der Waals surface area (Å²) in [5.74, 6) is -0.384. The number of fused-ring (bicyclic) bond motifs is 3. The van der Waals surface area contributed by atoms with Gasteiger partial charge in [0, 0.05) is 19.0 Å². The number of aliphatic hydroxyl groups is 4. The number of aliphatic hydroxyl groups excluding tert-OH is 4. The zero-order valence-electron chi connectivity index (χ0n) is 32.1. The summed E-state index contributed by atoms with van der Waals surface area (Å²) in [7, 11) is 1.49. The highest BCUT2D eigenvalue weighted by molar-refractivity contribution is 5.71. The normalized spacial score (nSPS) is 38.5. The predicted octanol–water partition coefficient (Wildman–Crippen LogP) is 0.194. The molecule has 2 aromatic carbocycles. The number of ether oxygens (including phenoxy) is 8. The highest BCUT2D eigenvalue weighted by atomic mass is 16.8. The first-order valence-corrected chi connectivity index (χ1v) is 19.5. The number of alkyl carbamates (subject to hydrolysis) is 2. The van der Waals surface area contributed by atoms with Crippen molar-refractivity contribution < 1.29 is 72.7 Å². The predicted molar refractivity (Wildman–Crippen MR) is 197 cm³/mol. The van der Waals surface area contributed by atoms with Gasteiger partial charge in [-0.25, -0.2) is 14.4 Å². The molecule has 2 aromatic rings. The van der Waals surface area contributed by atoms with Crippen LogP contribution >= 0.6 is 0 Å². The van der Waals surface area contributed by atoms with Crippen molar-refractivity contribution >= 4 is 18.3 Å². The maximum Gasteiger partial charge on any atom is 0.410 e. The van der Waals surface area contributed by atoms with Crippen molar-refractivity contribution in [2.24, 2.45) is 11.7 Å². The van der Waals surface area contributed by atoms with Gasteiger partial charge in [-0.1, -0.05) is 67.6 Å². The van der Waals surface area contributed by atoms with Crippen LogP contribution in [0, 0.1) is 5.92 Å². The van der Waals surface area contributed by atoms with Crippen molar-refractivity contribution in [1.82, 2.24) is 15.5 Å². The fourth-order valence-electron chi connectivity index (χ4n) is 8.19. The lowest BCUT2D eigenvalue weighted by molar-refractivity contribution is -0.374. The zero-order chi connectivity index (χ0) is 41.1. The van der Waals surface area contributed by atoms with Gasteiger partial charge in [0.25, 0.3) is 0 Å². The van der Waals surface area contributed by atoms with E-state index in [2.05, 4.69) is 10.6 Å². The van der Waals surface area contributed by atoms with Gasteiger partial charge in [-0.15, -0.1) is 0 Å². The zero-order valence-corrected chi connectivity index (χ0v) is 32.1. The molecule has 4 aliphatic heterocycles. The number of nitrogens with two attached hydrogens (primary N) is 1. The van der Waals surface area contributed by atoms with Gasteiger partial charge in [-0.05, 0) is 30.4 Å². The maximum atomic E-state index is 13.2. The fourth-order valence-corrected chi connectivity index (χ4v) is 8.19. The van der Waals surface area contributed by atoms with Gasteiger partial charge in [-0.2, -0.15) is 0 Å². The number of nitrogens with one attached hydrogen (secondary N) is 2. The molecular weight excluding hydrogens is 764 g/mol. The quantitative estimate of drug-likeness (QED) is 0.149. The van der Waals surface area contributed by atoms with Gasteiger partial charge in [0.15, 0.2) is 25.0 Å². The summed E-state index contributed by atoms with van der Waals surface area (Å²) in [6.07, 6.45) is -14.1. The molecule has 16 atom stereocenters. The molecule has 0 radical (unpaired) electrons. The Labute approximate surface area is 334 Å². The summed E-state index contributed by atoms with van der Waals surface area (Å²) in [5.41, 5.74) is 7.48. The van der Waals surface area contributed by atoms with Gasteiger partial charge in [0.1, 0.15) is 49.8 Å². The lowest BCUT2D eigenvalue weighted by atomic mass is 9.85. The van der Waals surface area contributed by atoms with Crippen molar-refractivity contribution in [2.45, 2.75) is 131 Å². The van der Waals surface area contributed by atoms with E-state index in [1.165, 1.54) is 11.9 Å². The van der Waals surface area contributed by atoms with E-state index in [9.17, 15) is 34.8 Å². The summed E-state index contributed by atoms with van der Waals surface area (Å²) in [6, 6.07) is 14.8. The number of hydrogen-bond acceptors (Lipinski definition) is 16. The first-order valence-electron chi connectivity index (χ1n) is 19.5. The highest BCUT2D eigenvalue weighted by Crippen LogP contribution is 2.42. The Hall–Kier alpha value is -4.15. The molecular formula is C39H52N4O15. The Bertz CT molecular complexity index is 1700. The summed E-state index contributed by atoms with van der Waals surface area (Å²) in [5, 5.41) is 48.1. The summed E-state index contributed by atoms with van der Waals surface area (Å²) in [4.78, 5) is 40.2. The number of rotatable bonds is 11. The number of benzene rings is 2. The number of nitrogens with zero attached hydrogens (tertiary/aromatic N) is 1. The molecule has 318 valence electrons. The molecule has 1 aliphatic carbocycles. The van der Waals surface area contributed by atoms with E-state index in [0.29, 0.717) is 6.42 Å². The van der Waals surface area contributed by atoms with Gasteiger partial charge in [0.05, 0.1) is 30.9 Å². The van der Waals surface area contributed by atoms with E-state index in [0.717, 1.165) is 11.1 Å². The van der Waals surface area contributed by atoms with E-state index in [-0.39, 0.29) is 32.0 Å². The molecule has 8 unspecified atom stereocenters. The van der Waals surface area contributed by atoms with Crippen molar-refractivity contribution in [2.75, 3.05) is 13.7 Å². The smallest absolute Gasteiger partial charge is 0.410 e. The van der Waals surface area contributed by atoms with Gasteiger partial charge in [0.2, 0.25) is 0 Å². The molecule has 0 bridgehead atoms. The lowest BCUT2D eigenvalue weighted by Gasteiger charge is -2.50. The minimum absolute atomic E-state index is 0.00476. The number of likely N-dealkylation sites (N-methyl/N-ethyl adjacent to an activating group) is 1. The Balaban J connectivity index is 1.03. The molecule has 0 spiro atoms. The van der Waals surface area contributed by atoms with Crippen molar-refractivity contribution in [1.29, 1.82) is 0 Å². The second-order valence-electron chi connectivity index (χ2n) is 15.4. The van der Waals surface area contributed by atoms with Crippen LogP contribution in [0.4, 0.5) is 14.4 Å². The largest absolute Gasteiger partial charge is 0.445 e. The van der Waals surface area contributed by atoms with Crippen LogP contribution in [0.25, 0.3) is 0 Å². The number of carbonyl (C=O) groups excluding carboxylic acids is 3. The van der Waals surface area contributed by atoms with Crippen molar-refractivity contribution in [3.63, 3.8) is 0 Å². The molecule has 5 aliphatic rings. The minimum atomic E-state index is -1.59. The van der Waals surface area contributed by atoms with Crippen LogP contribution in [0.2, 0.25) is 0 Å². The molecule has 4 heterocycles. The van der Waals surface area contributed by atoms with E-state index in [1.807, 2.05) is 67.6 Å². The number of amides is 3. The highest BCUT2D eigenvalue weighted by Gasteiger charge is 2.60. The van der Waals surface area contributed by atoms with Crippen LogP contribution in [-0.2, 0) is 51.1 Å². The lowest BCUT2D eigenvalue weighted by Crippen LogP contribution is -2.67. The molecule has 0 aromatic heterocycles. The molecule has 19 nitrogen and oxygen atoms in total. The molecule has 19 heteroatoms. The third-order valence-corrected chi connectivity index (χ3v) is 11.3. The Morgan fingerprint density at radius 2 is 1.45 bits per heavy atom. The molecule has 1 saturated carbocycles. The summed E-state index contributed by atoms with van der Waals surface area (Å²) < 4.78 is 47.7. The Morgan fingerprint density at radius 1 is 0.810 bits per heavy atom. The molecule has 7 rings (SSSR count). The van der Waals surface area contributed by atoms with Crippen molar-refractivity contribution in [3.8, 4) is 0 Å². The first kappa shape index (κ1) is 42.0. The molecule has 5 fully saturated rings. The van der Waals surface area contributed by atoms with Crippen molar-refractivity contribution in [3.05, 3.63) is 71.8 Å². The Morgan fingerprint density at radius 3 is 2.09 bits per heavy atom. The minimum Gasteiger partial charge on any atom is -0.445 e. The molecule has 58 heavy (non-hydrogen) atoms. The number of carbonyl (C=O) groups is 3. The SMILES string of the molecule is CC1C[C@@H]2OC(O[C@H]3OC(CO)[C@@H](N)[C@H](O)C3O)C3C(OC(=O)N3C)C2O[C@@H]1O[C@@H]1C(NC(=O)OCc2ccccc2)C[C@@H](NC(=O)OCc2ccccc2)C[C@H]1O. The molecule has 3 amide bonds. The topological polar surface area (TPSA) is 259 Å². The van der Waals surface area contributed by atoms with E-state index in [4.69, 9.17) is 43.6 Å². The van der Waals surface area contributed by atoms with Crippen LogP contribution in [-0.4, -0.2) is 149 Å². The number of hydrogen-bond donors (Lipinski definition) is 7. The van der Waals surface area contributed by atoms with Crippen LogP contribution < -0.4 is 16.4 Å². The van der Waals surface area contributed by atoms with Crippen LogP contribution in [0.3, 0.4) is 0 Å². The van der Waals surface area contributed by atoms with Gasteiger partial charge < -0.3 is 74.7 Å². The monoisotopic (exact) mass is 816 g/mol. The van der Waals surface area contributed by atoms with Crippen LogP contribution in [0.5, 0.6) is 0 Å². The first-order chi connectivity index (χ1) is 27.9. The van der Waals surface area contributed by atoms with Gasteiger partial charge in [-0.3, -0.25) is 4.90 Å². The molecule has 4 saturated heterocycles. The third-order valence-electron chi connectivity index (χ3n) is 11.3.